The van der Waals surface area contributed by atoms with Gasteiger partial charge in [-0.25, -0.2) is 4.68 Å². The predicted molar refractivity (Wildman–Crippen MR) is 90.0 cm³/mol. The molecule has 2 unspecified atom stereocenters. The van der Waals surface area contributed by atoms with E-state index in [4.69, 9.17) is 5.73 Å². The quantitative estimate of drug-likeness (QED) is 0.944. The highest BCUT2D eigenvalue weighted by Crippen LogP contribution is 2.23. The number of aryl methyl sites for hydroxylation is 1. The normalized spacial score (nSPS) is 21.0. The van der Waals surface area contributed by atoms with Crippen molar-refractivity contribution in [1.29, 1.82) is 0 Å². The van der Waals surface area contributed by atoms with Crippen LogP contribution in [-0.4, -0.2) is 33.3 Å². The first-order chi connectivity index (χ1) is 10.6. The lowest BCUT2D eigenvalue weighted by molar-refractivity contribution is 0.123. The van der Waals surface area contributed by atoms with Gasteiger partial charge in [0.25, 0.3) is 0 Å². The maximum absolute atomic E-state index is 6.18. The molecule has 4 heteroatoms. The Balaban J connectivity index is 1.79. The Labute approximate surface area is 132 Å². The summed E-state index contributed by atoms with van der Waals surface area (Å²) >= 11 is 0. The second kappa shape index (κ2) is 6.63. The zero-order valence-electron chi connectivity index (χ0n) is 13.6. The van der Waals surface area contributed by atoms with Crippen molar-refractivity contribution in [2.75, 3.05) is 6.54 Å². The third-order valence-corrected chi connectivity index (χ3v) is 4.67. The molecule has 2 heterocycles. The number of piperidine rings is 1. The standard InChI is InChI=1S/C18H26N4/c1-14(19)18-10-6-7-11-21(18)12-16-13-22(20-15(16)2)17-8-4-3-5-9-17/h3-5,8-9,13-14,18H,6-7,10-12,19H2,1-2H3. The number of para-hydroxylation sites is 1. The number of benzene rings is 1. The molecule has 118 valence electrons. The fraction of sp³-hybridized carbons (Fsp3) is 0.500. The van der Waals surface area contributed by atoms with Gasteiger partial charge in [-0.2, -0.15) is 5.10 Å². The van der Waals surface area contributed by atoms with Gasteiger partial charge >= 0.3 is 0 Å². The van der Waals surface area contributed by atoms with Crippen molar-refractivity contribution >= 4 is 0 Å². The van der Waals surface area contributed by atoms with E-state index in [1.54, 1.807) is 0 Å². The third-order valence-electron chi connectivity index (χ3n) is 4.67. The molecule has 0 bridgehead atoms. The van der Waals surface area contributed by atoms with E-state index in [0.717, 1.165) is 24.5 Å². The van der Waals surface area contributed by atoms with Gasteiger partial charge in [-0.3, -0.25) is 4.90 Å². The largest absolute Gasteiger partial charge is 0.327 e. The van der Waals surface area contributed by atoms with Crippen molar-refractivity contribution < 1.29 is 0 Å². The lowest BCUT2D eigenvalue weighted by atomic mass is 9.96. The van der Waals surface area contributed by atoms with Gasteiger partial charge in [-0.15, -0.1) is 0 Å². The first-order valence-corrected chi connectivity index (χ1v) is 8.25. The second-order valence-corrected chi connectivity index (χ2v) is 6.41. The molecule has 1 aliphatic rings. The summed E-state index contributed by atoms with van der Waals surface area (Å²) in [4.78, 5) is 2.54. The number of rotatable bonds is 4. The summed E-state index contributed by atoms with van der Waals surface area (Å²) in [7, 11) is 0. The van der Waals surface area contributed by atoms with Crippen molar-refractivity contribution in [2.45, 2.75) is 51.7 Å². The maximum atomic E-state index is 6.18. The highest BCUT2D eigenvalue weighted by atomic mass is 15.3. The molecule has 0 aliphatic carbocycles. The van der Waals surface area contributed by atoms with E-state index in [2.05, 4.69) is 42.2 Å². The predicted octanol–water partition coefficient (Wildman–Crippen LogP) is 2.88. The van der Waals surface area contributed by atoms with Crippen molar-refractivity contribution in [3.63, 3.8) is 0 Å². The van der Waals surface area contributed by atoms with Gasteiger partial charge in [0.05, 0.1) is 11.4 Å². The fourth-order valence-electron chi connectivity index (χ4n) is 3.39. The van der Waals surface area contributed by atoms with Crippen LogP contribution in [0.5, 0.6) is 0 Å². The summed E-state index contributed by atoms with van der Waals surface area (Å²) in [6.07, 6.45) is 5.95. The average Bonchev–Trinajstić information content (AvgIpc) is 2.90. The van der Waals surface area contributed by atoms with Crippen molar-refractivity contribution in [3.8, 4) is 5.69 Å². The maximum Gasteiger partial charge on any atom is 0.0645 e. The molecular formula is C18H26N4. The molecule has 1 saturated heterocycles. The summed E-state index contributed by atoms with van der Waals surface area (Å²) in [5.41, 5.74) is 9.70. The molecule has 0 spiro atoms. The SMILES string of the molecule is Cc1nn(-c2ccccc2)cc1CN1CCCCC1C(C)N. The summed E-state index contributed by atoms with van der Waals surface area (Å²) < 4.78 is 1.98. The van der Waals surface area contributed by atoms with Gasteiger partial charge in [-0.1, -0.05) is 24.6 Å². The highest BCUT2D eigenvalue weighted by molar-refractivity contribution is 5.32. The number of hydrogen-bond acceptors (Lipinski definition) is 3. The minimum atomic E-state index is 0.227. The van der Waals surface area contributed by atoms with Crippen LogP contribution in [0.3, 0.4) is 0 Å². The van der Waals surface area contributed by atoms with Crippen molar-refractivity contribution in [1.82, 2.24) is 14.7 Å². The van der Waals surface area contributed by atoms with Gasteiger partial charge in [0.1, 0.15) is 0 Å². The molecule has 0 radical (unpaired) electrons. The Morgan fingerprint density at radius 2 is 2.05 bits per heavy atom. The summed E-state index contributed by atoms with van der Waals surface area (Å²) in [5, 5.41) is 4.68. The van der Waals surface area contributed by atoms with Gasteiger partial charge in [0, 0.05) is 30.4 Å². The molecule has 4 nitrogen and oxygen atoms in total. The number of nitrogens with zero attached hydrogens (tertiary/aromatic N) is 3. The van der Waals surface area contributed by atoms with Crippen LogP contribution in [-0.2, 0) is 6.54 Å². The molecule has 1 fully saturated rings. The molecule has 22 heavy (non-hydrogen) atoms. The fourth-order valence-corrected chi connectivity index (χ4v) is 3.39. The number of hydrogen-bond donors (Lipinski definition) is 1. The number of likely N-dealkylation sites (tertiary alicyclic amines) is 1. The Bertz CT molecular complexity index is 603. The van der Waals surface area contributed by atoms with Gasteiger partial charge in [0.15, 0.2) is 0 Å². The Morgan fingerprint density at radius 1 is 1.27 bits per heavy atom. The second-order valence-electron chi connectivity index (χ2n) is 6.41. The van der Waals surface area contributed by atoms with Gasteiger partial charge in [-0.05, 0) is 45.4 Å². The molecule has 1 aromatic carbocycles. The Hall–Kier alpha value is -1.65. The van der Waals surface area contributed by atoms with Crippen LogP contribution in [0, 0.1) is 6.92 Å². The molecular weight excluding hydrogens is 272 g/mol. The van der Waals surface area contributed by atoms with Crippen LogP contribution in [0.25, 0.3) is 5.69 Å². The van der Waals surface area contributed by atoms with E-state index in [0.29, 0.717) is 6.04 Å². The van der Waals surface area contributed by atoms with Crippen LogP contribution in [0.1, 0.15) is 37.4 Å². The number of nitrogens with two attached hydrogens (primary N) is 1. The Kier molecular flexibility index (Phi) is 4.60. The summed E-state index contributed by atoms with van der Waals surface area (Å²) in [5.74, 6) is 0. The first kappa shape index (κ1) is 15.3. The minimum absolute atomic E-state index is 0.227. The van der Waals surface area contributed by atoms with Crippen molar-refractivity contribution in [3.05, 3.63) is 47.8 Å². The lowest BCUT2D eigenvalue weighted by Gasteiger charge is -2.37. The lowest BCUT2D eigenvalue weighted by Crippen LogP contribution is -2.48. The molecule has 2 aromatic rings. The smallest absolute Gasteiger partial charge is 0.0645 e. The molecule has 2 N–H and O–H groups in total. The topological polar surface area (TPSA) is 47.1 Å². The van der Waals surface area contributed by atoms with Crippen LogP contribution in [0.2, 0.25) is 0 Å². The molecule has 0 saturated carbocycles. The van der Waals surface area contributed by atoms with E-state index in [1.165, 1.54) is 24.8 Å². The van der Waals surface area contributed by atoms with Crippen LogP contribution >= 0.6 is 0 Å². The molecule has 3 rings (SSSR count). The van der Waals surface area contributed by atoms with Crippen LogP contribution in [0.4, 0.5) is 0 Å². The molecule has 0 amide bonds. The summed E-state index contributed by atoms with van der Waals surface area (Å²) in [6.45, 7) is 6.32. The zero-order valence-corrected chi connectivity index (χ0v) is 13.6. The first-order valence-electron chi connectivity index (χ1n) is 8.25. The van der Waals surface area contributed by atoms with Gasteiger partial charge < -0.3 is 5.73 Å². The Morgan fingerprint density at radius 3 is 2.77 bits per heavy atom. The molecule has 1 aromatic heterocycles. The monoisotopic (exact) mass is 298 g/mol. The minimum Gasteiger partial charge on any atom is -0.327 e. The van der Waals surface area contributed by atoms with Crippen molar-refractivity contribution in [2.24, 2.45) is 5.73 Å². The van der Waals surface area contributed by atoms with E-state index in [9.17, 15) is 0 Å². The highest BCUT2D eigenvalue weighted by Gasteiger charge is 2.26. The number of aromatic nitrogens is 2. The zero-order chi connectivity index (χ0) is 15.5. The third kappa shape index (κ3) is 3.23. The van der Waals surface area contributed by atoms with E-state index < -0.39 is 0 Å². The molecule has 2 atom stereocenters. The van der Waals surface area contributed by atoms with E-state index in [1.807, 2.05) is 22.9 Å². The van der Waals surface area contributed by atoms with Crippen LogP contribution < -0.4 is 5.73 Å². The van der Waals surface area contributed by atoms with E-state index in [-0.39, 0.29) is 6.04 Å². The van der Waals surface area contributed by atoms with Crippen LogP contribution in [0.15, 0.2) is 36.5 Å². The molecule has 1 aliphatic heterocycles. The average molecular weight is 298 g/mol. The van der Waals surface area contributed by atoms with Gasteiger partial charge in [0.2, 0.25) is 0 Å². The van der Waals surface area contributed by atoms with E-state index >= 15 is 0 Å². The summed E-state index contributed by atoms with van der Waals surface area (Å²) in [6, 6.07) is 11.0.